The molecule has 3 heterocycles. The van der Waals surface area contributed by atoms with Crippen LogP contribution >= 0.6 is 0 Å². The molecule has 0 amide bonds. The summed E-state index contributed by atoms with van der Waals surface area (Å²) in [4.78, 5) is 34.4. The maximum absolute atomic E-state index is 14.5. The Morgan fingerprint density at radius 3 is 2.25 bits per heavy atom. The van der Waals surface area contributed by atoms with Crippen LogP contribution in [0.3, 0.4) is 0 Å². The summed E-state index contributed by atoms with van der Waals surface area (Å²) in [5.74, 6) is -1.69. The fourth-order valence-corrected chi connectivity index (χ4v) is 4.72. The number of carboxylic acids is 1. The lowest BCUT2D eigenvalue weighted by Gasteiger charge is -2.26. The number of carboxylic acid groups (broad SMARTS) is 1. The third-order valence-corrected chi connectivity index (χ3v) is 6.59. The van der Waals surface area contributed by atoms with Gasteiger partial charge in [0.2, 0.25) is 5.95 Å². The van der Waals surface area contributed by atoms with Gasteiger partial charge < -0.3 is 15.3 Å². The van der Waals surface area contributed by atoms with Gasteiger partial charge in [-0.05, 0) is 35.4 Å². The van der Waals surface area contributed by atoms with E-state index in [1.807, 2.05) is 17.4 Å². The largest absolute Gasteiger partial charge is 0.476 e. The molecule has 0 saturated heterocycles. The molecule has 14 heteroatoms. The number of pyridine rings is 1. The summed E-state index contributed by atoms with van der Waals surface area (Å²) in [7, 11) is 1.28. The molecule has 0 unspecified atom stereocenters. The zero-order valence-corrected chi connectivity index (χ0v) is 20.5. The van der Waals surface area contributed by atoms with Gasteiger partial charge in [-0.1, -0.05) is 24.3 Å². The summed E-state index contributed by atoms with van der Waals surface area (Å²) in [5, 5.41) is 10.7. The number of alkyl halides is 6. The molecule has 1 aliphatic heterocycles. The average molecular weight is 563 g/mol. The second kappa shape index (κ2) is 9.54. The van der Waals surface area contributed by atoms with Gasteiger partial charge in [-0.15, -0.1) is 0 Å². The summed E-state index contributed by atoms with van der Waals surface area (Å²) in [6.07, 6.45) is -9.29. The van der Waals surface area contributed by atoms with Crippen molar-refractivity contribution in [3.8, 4) is 0 Å². The molecule has 4 aromatic rings. The van der Waals surface area contributed by atoms with Gasteiger partial charge in [-0.2, -0.15) is 26.3 Å². The van der Waals surface area contributed by atoms with Crippen LogP contribution in [-0.2, 0) is 26.3 Å². The molecule has 1 aliphatic rings. The minimum Gasteiger partial charge on any atom is -0.476 e. The van der Waals surface area contributed by atoms with Crippen molar-refractivity contribution < 1.29 is 36.2 Å². The molecule has 0 spiro atoms. The smallest absolute Gasteiger partial charge is 0.416 e. The number of aromatic carboxylic acids is 1. The summed E-state index contributed by atoms with van der Waals surface area (Å²) < 4.78 is 86.0. The molecule has 0 bridgehead atoms. The minimum absolute atomic E-state index is 0.0387. The lowest BCUT2D eigenvalue weighted by molar-refractivity contribution is -0.145. The van der Waals surface area contributed by atoms with E-state index in [2.05, 4.69) is 9.97 Å². The Hall–Kier alpha value is -4.62. The van der Waals surface area contributed by atoms with E-state index in [0.29, 0.717) is 6.07 Å². The predicted octanol–water partition coefficient (Wildman–Crippen LogP) is 5.28. The predicted molar refractivity (Wildman–Crippen MR) is 132 cm³/mol. The standard InChI is InChI=1S/C26H19F6N5O3/c1-36-22(38)17-10-15(25(27,28)29)9-16(19(17)35-24(36)37-11-13-5-2-3-6-14(13)12-37)21(26(30,31)32)34-18-7-4-8-33-20(18)23(39)40/h2-10,21,34H,11-12H2,1H3,(H,39,40)/t21-/m0/s1. The number of fused-ring (bicyclic) bond motifs is 2. The quantitative estimate of drug-likeness (QED) is 0.319. The number of rotatable bonds is 5. The summed E-state index contributed by atoms with van der Waals surface area (Å²) >= 11 is 0. The third-order valence-electron chi connectivity index (χ3n) is 6.59. The Morgan fingerprint density at radius 1 is 1.02 bits per heavy atom. The van der Waals surface area contributed by atoms with E-state index < -0.39 is 63.3 Å². The molecule has 1 atom stereocenters. The second-order valence-electron chi connectivity index (χ2n) is 9.18. The number of hydrogen-bond acceptors (Lipinski definition) is 6. The van der Waals surface area contributed by atoms with Crippen LogP contribution < -0.4 is 15.8 Å². The Labute approximate surface area is 221 Å². The molecule has 40 heavy (non-hydrogen) atoms. The van der Waals surface area contributed by atoms with E-state index in [0.717, 1.165) is 28.0 Å². The number of anilines is 2. The highest BCUT2D eigenvalue weighted by Gasteiger charge is 2.44. The number of nitrogens with one attached hydrogen (secondary N) is 1. The van der Waals surface area contributed by atoms with E-state index >= 15 is 0 Å². The van der Waals surface area contributed by atoms with Crippen molar-refractivity contribution in [1.29, 1.82) is 0 Å². The normalized spacial score (nSPS) is 14.3. The van der Waals surface area contributed by atoms with Gasteiger partial charge in [0.15, 0.2) is 11.7 Å². The first kappa shape index (κ1) is 27.0. The van der Waals surface area contributed by atoms with Crippen LogP contribution in [0.25, 0.3) is 10.9 Å². The van der Waals surface area contributed by atoms with Gasteiger partial charge in [-0.3, -0.25) is 9.36 Å². The molecule has 2 aromatic carbocycles. The number of benzene rings is 2. The fourth-order valence-electron chi connectivity index (χ4n) is 4.72. The van der Waals surface area contributed by atoms with E-state index in [4.69, 9.17) is 0 Å². The van der Waals surface area contributed by atoms with Crippen molar-refractivity contribution in [1.82, 2.24) is 14.5 Å². The van der Waals surface area contributed by atoms with Crippen LogP contribution in [0.15, 0.2) is 59.5 Å². The van der Waals surface area contributed by atoms with Gasteiger partial charge in [0.05, 0.1) is 22.2 Å². The fraction of sp³-hybridized carbons (Fsp3) is 0.231. The first-order valence-electron chi connectivity index (χ1n) is 11.7. The number of hydrogen-bond donors (Lipinski definition) is 2. The zero-order valence-electron chi connectivity index (χ0n) is 20.5. The molecule has 5 rings (SSSR count). The first-order chi connectivity index (χ1) is 18.8. The Balaban J connectivity index is 1.75. The number of nitrogens with zero attached hydrogens (tertiary/aromatic N) is 4. The molecule has 0 fully saturated rings. The molecule has 8 nitrogen and oxygen atoms in total. The Morgan fingerprint density at radius 2 is 1.68 bits per heavy atom. The van der Waals surface area contributed by atoms with E-state index in [1.54, 1.807) is 17.0 Å². The second-order valence-corrected chi connectivity index (χ2v) is 9.18. The van der Waals surface area contributed by atoms with Crippen LogP contribution in [0.1, 0.15) is 38.8 Å². The van der Waals surface area contributed by atoms with Crippen LogP contribution in [-0.4, -0.2) is 31.8 Å². The number of halogens is 6. The summed E-state index contributed by atoms with van der Waals surface area (Å²) in [5.41, 5.74) is -3.61. The maximum Gasteiger partial charge on any atom is 0.416 e. The molecule has 0 saturated carbocycles. The van der Waals surface area contributed by atoms with Gasteiger partial charge in [0.1, 0.15) is 0 Å². The molecular formula is C26H19F6N5O3. The number of carbonyl (C=O) groups is 1. The highest BCUT2D eigenvalue weighted by atomic mass is 19.4. The number of aromatic nitrogens is 3. The van der Waals surface area contributed by atoms with Crippen molar-refractivity contribution >= 4 is 28.5 Å². The third kappa shape index (κ3) is 4.80. The molecular weight excluding hydrogens is 544 g/mol. The lowest BCUT2D eigenvalue weighted by atomic mass is 9.98. The van der Waals surface area contributed by atoms with Crippen molar-refractivity contribution in [3.05, 3.63) is 93.0 Å². The zero-order chi connectivity index (χ0) is 29.0. The Bertz CT molecular complexity index is 1670. The molecule has 0 aliphatic carbocycles. The van der Waals surface area contributed by atoms with Gasteiger partial charge in [-0.25, -0.2) is 14.8 Å². The summed E-state index contributed by atoms with van der Waals surface area (Å²) in [6.45, 7) is 0.549. The van der Waals surface area contributed by atoms with Crippen LogP contribution in [0.4, 0.5) is 38.0 Å². The van der Waals surface area contributed by atoms with Crippen molar-refractivity contribution in [3.63, 3.8) is 0 Å². The molecule has 0 radical (unpaired) electrons. The first-order valence-corrected chi connectivity index (χ1v) is 11.7. The van der Waals surface area contributed by atoms with Crippen LogP contribution in [0.2, 0.25) is 0 Å². The minimum atomic E-state index is -5.24. The van der Waals surface area contributed by atoms with E-state index in [-0.39, 0.29) is 25.1 Å². The van der Waals surface area contributed by atoms with Crippen molar-refractivity contribution in [2.45, 2.75) is 31.5 Å². The van der Waals surface area contributed by atoms with Crippen molar-refractivity contribution in [2.75, 3.05) is 10.2 Å². The van der Waals surface area contributed by atoms with E-state index in [1.165, 1.54) is 13.1 Å². The van der Waals surface area contributed by atoms with E-state index in [9.17, 15) is 41.0 Å². The average Bonchev–Trinajstić information content (AvgIpc) is 3.32. The van der Waals surface area contributed by atoms with Crippen LogP contribution in [0.5, 0.6) is 0 Å². The van der Waals surface area contributed by atoms with Gasteiger partial charge >= 0.3 is 18.3 Å². The maximum atomic E-state index is 14.5. The van der Waals surface area contributed by atoms with Gasteiger partial charge in [0.25, 0.3) is 5.56 Å². The molecule has 2 N–H and O–H groups in total. The van der Waals surface area contributed by atoms with Crippen molar-refractivity contribution in [2.24, 2.45) is 7.05 Å². The SMILES string of the molecule is Cn1c(N2Cc3ccccc3C2)nc2c([C@H](Nc3cccnc3C(=O)O)C(F)(F)F)cc(C(F)(F)F)cc2c1=O. The van der Waals surface area contributed by atoms with Crippen LogP contribution in [0, 0.1) is 0 Å². The molecule has 208 valence electrons. The Kier molecular flexibility index (Phi) is 6.43. The highest BCUT2D eigenvalue weighted by molar-refractivity contribution is 5.92. The summed E-state index contributed by atoms with van der Waals surface area (Å²) in [6, 6.07) is 7.33. The lowest BCUT2D eigenvalue weighted by Crippen LogP contribution is -2.32. The highest BCUT2D eigenvalue weighted by Crippen LogP contribution is 2.42. The topological polar surface area (TPSA) is 100 Å². The molecule has 2 aromatic heterocycles. The van der Waals surface area contributed by atoms with Gasteiger partial charge in [0, 0.05) is 31.9 Å². The monoisotopic (exact) mass is 563 g/mol.